The first-order valence-corrected chi connectivity index (χ1v) is 7.69. The van der Waals surface area contributed by atoms with Crippen LogP contribution in [-0.2, 0) is 18.9 Å². The first-order chi connectivity index (χ1) is 9.28. The molecule has 2 rings (SSSR count). The molecule has 2 heterocycles. The summed E-state index contributed by atoms with van der Waals surface area (Å²) in [6, 6.07) is 0. The van der Waals surface area contributed by atoms with Gasteiger partial charge in [-0.25, -0.2) is 0 Å². The number of ether oxygens (including phenoxy) is 4. The number of hydrogen-bond acceptors (Lipinski definition) is 4. The van der Waals surface area contributed by atoms with Crippen LogP contribution < -0.4 is 0 Å². The molecule has 0 N–H and O–H groups in total. The van der Waals surface area contributed by atoms with E-state index in [0.717, 1.165) is 13.0 Å². The summed E-state index contributed by atoms with van der Waals surface area (Å²) in [6.07, 6.45) is 5.93. The van der Waals surface area contributed by atoms with Crippen molar-refractivity contribution in [1.29, 1.82) is 0 Å². The molecule has 0 saturated carbocycles. The fourth-order valence-electron chi connectivity index (χ4n) is 2.86. The van der Waals surface area contributed by atoms with Gasteiger partial charge in [-0.3, -0.25) is 0 Å². The molecule has 2 bridgehead atoms. The average Bonchev–Trinajstić information content (AvgIpc) is 2.86. The van der Waals surface area contributed by atoms with Crippen LogP contribution >= 0.6 is 0 Å². The standard InChI is InChI=1S/C15H28O4/c1-4-6-7-11(5-2)9-17-12-8-13(16-3)15-18-10-14(12)19-15/h11-15H,4-10H2,1-3H3/t11?,12-,13+,14+,15+/m0/s1. The van der Waals surface area contributed by atoms with Gasteiger partial charge in [0.25, 0.3) is 0 Å². The zero-order valence-electron chi connectivity index (χ0n) is 12.5. The Labute approximate surface area is 116 Å². The van der Waals surface area contributed by atoms with E-state index in [1.54, 1.807) is 7.11 Å². The lowest BCUT2D eigenvalue weighted by Gasteiger charge is -2.33. The smallest absolute Gasteiger partial charge is 0.184 e. The molecule has 0 aromatic rings. The van der Waals surface area contributed by atoms with E-state index in [9.17, 15) is 0 Å². The Kier molecular flexibility index (Phi) is 6.07. The molecule has 5 atom stereocenters. The summed E-state index contributed by atoms with van der Waals surface area (Å²) in [5.74, 6) is 0.668. The van der Waals surface area contributed by atoms with E-state index in [1.807, 2.05) is 0 Å². The van der Waals surface area contributed by atoms with Crippen molar-refractivity contribution in [3.63, 3.8) is 0 Å². The van der Waals surface area contributed by atoms with Crippen molar-refractivity contribution < 1.29 is 18.9 Å². The molecule has 0 spiro atoms. The maximum atomic E-state index is 6.11. The van der Waals surface area contributed by atoms with Crippen molar-refractivity contribution in [2.24, 2.45) is 5.92 Å². The maximum absolute atomic E-state index is 6.11. The van der Waals surface area contributed by atoms with Gasteiger partial charge in [-0.15, -0.1) is 0 Å². The van der Waals surface area contributed by atoms with Gasteiger partial charge in [0.05, 0.1) is 12.7 Å². The van der Waals surface area contributed by atoms with Crippen LogP contribution in [0.15, 0.2) is 0 Å². The molecular weight excluding hydrogens is 244 g/mol. The fraction of sp³-hybridized carbons (Fsp3) is 1.00. The normalized spacial score (nSPS) is 35.5. The highest BCUT2D eigenvalue weighted by atomic mass is 16.7. The van der Waals surface area contributed by atoms with Crippen molar-refractivity contribution in [2.75, 3.05) is 20.3 Å². The van der Waals surface area contributed by atoms with E-state index in [1.165, 1.54) is 25.7 Å². The zero-order chi connectivity index (χ0) is 13.7. The highest BCUT2D eigenvalue weighted by molar-refractivity contribution is 4.87. The first kappa shape index (κ1) is 15.2. The molecule has 112 valence electrons. The van der Waals surface area contributed by atoms with E-state index in [0.29, 0.717) is 12.5 Å². The predicted octanol–water partition coefficient (Wildman–Crippen LogP) is 2.75. The highest BCUT2D eigenvalue weighted by Crippen LogP contribution is 2.31. The largest absolute Gasteiger partial charge is 0.376 e. The second-order valence-corrected chi connectivity index (χ2v) is 5.67. The second-order valence-electron chi connectivity index (χ2n) is 5.67. The number of hydrogen-bond donors (Lipinski definition) is 0. The Morgan fingerprint density at radius 1 is 1.26 bits per heavy atom. The summed E-state index contributed by atoms with van der Waals surface area (Å²) in [4.78, 5) is 0. The van der Waals surface area contributed by atoms with Crippen molar-refractivity contribution in [3.8, 4) is 0 Å². The van der Waals surface area contributed by atoms with Crippen LogP contribution in [-0.4, -0.2) is 44.9 Å². The molecule has 2 saturated heterocycles. The average molecular weight is 272 g/mol. The van der Waals surface area contributed by atoms with Gasteiger partial charge in [0.15, 0.2) is 6.29 Å². The summed E-state index contributed by atoms with van der Waals surface area (Å²) < 4.78 is 22.9. The summed E-state index contributed by atoms with van der Waals surface area (Å²) >= 11 is 0. The van der Waals surface area contributed by atoms with E-state index >= 15 is 0 Å². The molecular formula is C15H28O4. The molecule has 0 aromatic heterocycles. The molecule has 0 aromatic carbocycles. The van der Waals surface area contributed by atoms with Crippen molar-refractivity contribution in [3.05, 3.63) is 0 Å². The zero-order valence-corrected chi connectivity index (χ0v) is 12.5. The second kappa shape index (κ2) is 7.58. The van der Waals surface area contributed by atoms with Crippen LogP contribution in [0.4, 0.5) is 0 Å². The van der Waals surface area contributed by atoms with E-state index in [4.69, 9.17) is 18.9 Å². The van der Waals surface area contributed by atoms with E-state index in [-0.39, 0.29) is 24.6 Å². The van der Waals surface area contributed by atoms with Crippen LogP contribution in [0, 0.1) is 5.92 Å². The third-order valence-electron chi connectivity index (χ3n) is 4.31. The first-order valence-electron chi connectivity index (χ1n) is 7.69. The molecule has 2 fully saturated rings. The minimum absolute atomic E-state index is 0.0134. The summed E-state index contributed by atoms with van der Waals surface area (Å²) in [5, 5.41) is 0. The van der Waals surface area contributed by atoms with Crippen molar-refractivity contribution in [2.45, 2.75) is 70.6 Å². The third kappa shape index (κ3) is 3.91. The quantitative estimate of drug-likeness (QED) is 0.681. The molecule has 4 nitrogen and oxygen atoms in total. The van der Waals surface area contributed by atoms with E-state index < -0.39 is 0 Å². The third-order valence-corrected chi connectivity index (χ3v) is 4.31. The lowest BCUT2D eigenvalue weighted by atomic mass is 9.99. The van der Waals surface area contributed by atoms with Crippen LogP contribution in [0.3, 0.4) is 0 Å². The molecule has 4 heteroatoms. The molecule has 2 aliphatic heterocycles. The van der Waals surface area contributed by atoms with Gasteiger partial charge in [-0.05, 0) is 12.3 Å². The van der Waals surface area contributed by atoms with Gasteiger partial charge in [0.1, 0.15) is 12.2 Å². The molecule has 0 radical (unpaired) electrons. The van der Waals surface area contributed by atoms with Gasteiger partial charge >= 0.3 is 0 Å². The molecule has 0 amide bonds. The Hall–Kier alpha value is -0.160. The lowest BCUT2D eigenvalue weighted by Crippen LogP contribution is -2.44. The Bertz CT molecular complexity index is 259. The lowest BCUT2D eigenvalue weighted by molar-refractivity contribution is -0.200. The number of unbranched alkanes of at least 4 members (excludes halogenated alkanes) is 1. The topological polar surface area (TPSA) is 36.9 Å². The van der Waals surface area contributed by atoms with Crippen LogP contribution in [0.2, 0.25) is 0 Å². The molecule has 0 aliphatic carbocycles. The van der Waals surface area contributed by atoms with Crippen molar-refractivity contribution in [1.82, 2.24) is 0 Å². The van der Waals surface area contributed by atoms with Gasteiger partial charge < -0.3 is 18.9 Å². The Morgan fingerprint density at radius 2 is 2.11 bits per heavy atom. The summed E-state index contributed by atoms with van der Waals surface area (Å²) in [7, 11) is 1.71. The van der Waals surface area contributed by atoms with Crippen LogP contribution in [0.1, 0.15) is 46.0 Å². The number of methoxy groups -OCH3 is 1. The Morgan fingerprint density at radius 3 is 2.79 bits per heavy atom. The minimum atomic E-state index is -0.183. The Balaban J connectivity index is 1.78. The molecule has 1 unspecified atom stereocenters. The summed E-state index contributed by atoms with van der Waals surface area (Å²) in [5.41, 5.74) is 0. The summed E-state index contributed by atoms with van der Waals surface area (Å²) in [6.45, 7) is 5.96. The van der Waals surface area contributed by atoms with Gasteiger partial charge in [-0.1, -0.05) is 33.1 Å². The van der Waals surface area contributed by atoms with Crippen LogP contribution in [0.5, 0.6) is 0 Å². The van der Waals surface area contributed by atoms with E-state index in [2.05, 4.69) is 13.8 Å². The SMILES string of the molecule is CCCCC(CC)CO[C@H]1C[C@@H](OC)[C@@H]2OC[C@H]1O2. The molecule has 19 heavy (non-hydrogen) atoms. The monoisotopic (exact) mass is 272 g/mol. The number of rotatable bonds is 8. The van der Waals surface area contributed by atoms with Gasteiger partial charge in [-0.2, -0.15) is 0 Å². The predicted molar refractivity (Wildman–Crippen MR) is 73.1 cm³/mol. The van der Waals surface area contributed by atoms with Crippen LogP contribution in [0.25, 0.3) is 0 Å². The minimum Gasteiger partial charge on any atom is -0.376 e. The van der Waals surface area contributed by atoms with Gasteiger partial charge in [0, 0.05) is 20.1 Å². The molecule has 2 aliphatic rings. The number of fused-ring (bicyclic) bond motifs is 2. The highest BCUT2D eigenvalue weighted by Gasteiger charge is 2.44. The fourth-order valence-corrected chi connectivity index (χ4v) is 2.86. The maximum Gasteiger partial charge on any atom is 0.184 e. The van der Waals surface area contributed by atoms with Crippen molar-refractivity contribution >= 4 is 0 Å². The van der Waals surface area contributed by atoms with Gasteiger partial charge in [0.2, 0.25) is 0 Å².